The van der Waals surface area contributed by atoms with E-state index in [0.717, 1.165) is 15.2 Å². The summed E-state index contributed by atoms with van der Waals surface area (Å²) in [7, 11) is 0. The highest BCUT2D eigenvalue weighted by atomic mass is 32.2. The lowest BCUT2D eigenvalue weighted by Gasteiger charge is -2.10. The fourth-order valence-corrected chi connectivity index (χ4v) is 3.12. The molecule has 0 spiro atoms. The molecule has 0 radical (unpaired) electrons. The van der Waals surface area contributed by atoms with E-state index in [0.29, 0.717) is 6.54 Å². The van der Waals surface area contributed by atoms with Crippen molar-refractivity contribution in [3.63, 3.8) is 0 Å². The van der Waals surface area contributed by atoms with Crippen molar-refractivity contribution < 1.29 is 4.79 Å². The standard InChI is InChI=1S/C11H13N3OS2/c1-3-12-9(15)7(2)17-11-8-4-5-16-10(8)13-6-14-11/h4-7H,3H2,1-2H3,(H,12,15)/t7-/m0/s1. The van der Waals surface area contributed by atoms with Crippen LogP contribution in [0.3, 0.4) is 0 Å². The average Bonchev–Trinajstić information content (AvgIpc) is 2.78. The lowest BCUT2D eigenvalue weighted by Crippen LogP contribution is -2.30. The number of nitrogens with zero attached hydrogens (tertiary/aromatic N) is 2. The summed E-state index contributed by atoms with van der Waals surface area (Å²) in [6, 6.07) is 1.99. The second kappa shape index (κ2) is 5.46. The second-order valence-corrected chi connectivity index (χ2v) is 5.70. The van der Waals surface area contributed by atoms with Gasteiger partial charge < -0.3 is 5.32 Å². The smallest absolute Gasteiger partial charge is 0.233 e. The first-order valence-electron chi connectivity index (χ1n) is 5.35. The van der Waals surface area contributed by atoms with Gasteiger partial charge in [0, 0.05) is 11.9 Å². The van der Waals surface area contributed by atoms with Crippen molar-refractivity contribution in [3.8, 4) is 0 Å². The summed E-state index contributed by atoms with van der Waals surface area (Å²) in [5.41, 5.74) is 0. The number of aromatic nitrogens is 2. The fourth-order valence-electron chi connectivity index (χ4n) is 1.40. The predicted octanol–water partition coefficient (Wildman–Crippen LogP) is 2.31. The minimum absolute atomic E-state index is 0.0412. The molecule has 0 aliphatic heterocycles. The summed E-state index contributed by atoms with van der Waals surface area (Å²) >= 11 is 3.05. The Kier molecular flexibility index (Phi) is 3.96. The van der Waals surface area contributed by atoms with Gasteiger partial charge in [0.1, 0.15) is 16.2 Å². The quantitative estimate of drug-likeness (QED) is 0.682. The number of fused-ring (bicyclic) bond motifs is 1. The number of carbonyl (C=O) groups is 1. The molecule has 0 saturated heterocycles. The second-order valence-electron chi connectivity index (χ2n) is 3.47. The van der Waals surface area contributed by atoms with Crippen LogP contribution in [0.5, 0.6) is 0 Å². The van der Waals surface area contributed by atoms with Gasteiger partial charge in [0.15, 0.2) is 0 Å². The largest absolute Gasteiger partial charge is 0.355 e. The summed E-state index contributed by atoms with van der Waals surface area (Å²) in [6.45, 7) is 4.45. The van der Waals surface area contributed by atoms with Gasteiger partial charge in [-0.2, -0.15) is 0 Å². The zero-order chi connectivity index (χ0) is 12.3. The van der Waals surface area contributed by atoms with Crippen molar-refractivity contribution in [1.29, 1.82) is 0 Å². The Morgan fingerprint density at radius 3 is 3.18 bits per heavy atom. The number of amides is 1. The number of rotatable bonds is 4. The molecule has 2 heterocycles. The van der Waals surface area contributed by atoms with Crippen molar-refractivity contribution in [2.45, 2.75) is 24.1 Å². The zero-order valence-electron chi connectivity index (χ0n) is 9.64. The number of thioether (sulfide) groups is 1. The Hall–Kier alpha value is -1.14. The van der Waals surface area contributed by atoms with E-state index in [1.165, 1.54) is 11.8 Å². The molecule has 0 fully saturated rings. The molecule has 1 N–H and O–H groups in total. The SMILES string of the molecule is CCNC(=O)[C@H](C)Sc1ncnc2sccc12. The highest BCUT2D eigenvalue weighted by Crippen LogP contribution is 2.30. The summed E-state index contributed by atoms with van der Waals surface area (Å²) in [5, 5.41) is 6.54. The molecule has 0 aliphatic carbocycles. The van der Waals surface area contributed by atoms with Crippen LogP contribution < -0.4 is 5.32 Å². The average molecular weight is 267 g/mol. The first kappa shape index (κ1) is 12.3. The van der Waals surface area contributed by atoms with Crippen LogP contribution in [0.4, 0.5) is 0 Å². The van der Waals surface area contributed by atoms with E-state index in [1.54, 1.807) is 17.7 Å². The van der Waals surface area contributed by atoms with Gasteiger partial charge in [-0.1, -0.05) is 11.8 Å². The molecule has 2 aromatic heterocycles. The first-order chi connectivity index (χ1) is 8.22. The van der Waals surface area contributed by atoms with E-state index >= 15 is 0 Å². The molecule has 1 atom stereocenters. The number of thiophene rings is 1. The monoisotopic (exact) mass is 267 g/mol. The van der Waals surface area contributed by atoms with Crippen LogP contribution in [0.1, 0.15) is 13.8 Å². The summed E-state index contributed by atoms with van der Waals surface area (Å²) < 4.78 is 0. The van der Waals surface area contributed by atoms with Crippen molar-refractivity contribution in [1.82, 2.24) is 15.3 Å². The lowest BCUT2D eigenvalue weighted by molar-refractivity contribution is -0.120. The third kappa shape index (κ3) is 2.76. The molecule has 0 unspecified atom stereocenters. The molecule has 17 heavy (non-hydrogen) atoms. The third-order valence-electron chi connectivity index (χ3n) is 2.23. The molecule has 0 aromatic carbocycles. The molecule has 0 bridgehead atoms. The highest BCUT2D eigenvalue weighted by Gasteiger charge is 2.16. The number of carbonyl (C=O) groups excluding carboxylic acids is 1. The van der Waals surface area contributed by atoms with E-state index in [2.05, 4.69) is 15.3 Å². The Bertz CT molecular complexity index is 526. The van der Waals surface area contributed by atoms with E-state index in [4.69, 9.17) is 0 Å². The fraction of sp³-hybridized carbons (Fsp3) is 0.364. The topological polar surface area (TPSA) is 54.9 Å². The minimum Gasteiger partial charge on any atom is -0.355 e. The third-order valence-corrected chi connectivity index (χ3v) is 4.17. The van der Waals surface area contributed by atoms with Crippen molar-refractivity contribution >= 4 is 39.2 Å². The van der Waals surface area contributed by atoms with Gasteiger partial charge in [0.05, 0.1) is 5.25 Å². The Balaban J connectivity index is 2.18. The first-order valence-corrected chi connectivity index (χ1v) is 7.11. The Morgan fingerprint density at radius 1 is 1.59 bits per heavy atom. The highest BCUT2D eigenvalue weighted by molar-refractivity contribution is 8.00. The van der Waals surface area contributed by atoms with E-state index in [9.17, 15) is 4.79 Å². The van der Waals surface area contributed by atoms with Gasteiger partial charge in [-0.25, -0.2) is 9.97 Å². The maximum Gasteiger partial charge on any atom is 0.233 e. The van der Waals surface area contributed by atoms with E-state index < -0.39 is 0 Å². The maximum absolute atomic E-state index is 11.6. The van der Waals surface area contributed by atoms with Crippen LogP contribution in [-0.4, -0.2) is 27.7 Å². The molecule has 2 rings (SSSR count). The molecule has 0 saturated carbocycles. The molecule has 0 aliphatic rings. The van der Waals surface area contributed by atoms with Gasteiger partial charge in [-0.15, -0.1) is 11.3 Å². The van der Waals surface area contributed by atoms with Crippen LogP contribution in [0.2, 0.25) is 0 Å². The Labute approximate surface area is 108 Å². The summed E-state index contributed by atoms with van der Waals surface area (Å²) in [4.78, 5) is 21.0. The Morgan fingerprint density at radius 2 is 2.41 bits per heavy atom. The number of hydrogen-bond acceptors (Lipinski definition) is 5. The van der Waals surface area contributed by atoms with Crippen LogP contribution in [0.25, 0.3) is 10.2 Å². The number of nitrogens with one attached hydrogen (secondary N) is 1. The van der Waals surface area contributed by atoms with Gasteiger partial charge in [0.2, 0.25) is 5.91 Å². The molecule has 4 nitrogen and oxygen atoms in total. The normalized spacial score (nSPS) is 12.6. The minimum atomic E-state index is -0.145. The van der Waals surface area contributed by atoms with Gasteiger partial charge in [0.25, 0.3) is 0 Å². The maximum atomic E-state index is 11.6. The van der Waals surface area contributed by atoms with Gasteiger partial charge >= 0.3 is 0 Å². The predicted molar refractivity (Wildman–Crippen MR) is 71.4 cm³/mol. The van der Waals surface area contributed by atoms with Gasteiger partial charge in [-0.05, 0) is 25.3 Å². The van der Waals surface area contributed by atoms with Crippen molar-refractivity contribution in [3.05, 3.63) is 17.8 Å². The zero-order valence-corrected chi connectivity index (χ0v) is 11.3. The molecule has 1 amide bonds. The molecule has 2 aromatic rings. The lowest BCUT2D eigenvalue weighted by atomic mass is 10.4. The number of hydrogen-bond donors (Lipinski definition) is 1. The van der Waals surface area contributed by atoms with Crippen molar-refractivity contribution in [2.24, 2.45) is 0 Å². The molecular weight excluding hydrogens is 254 g/mol. The van der Waals surface area contributed by atoms with Gasteiger partial charge in [-0.3, -0.25) is 4.79 Å². The molecular formula is C11H13N3OS2. The summed E-state index contributed by atoms with van der Waals surface area (Å²) in [6.07, 6.45) is 1.55. The molecule has 90 valence electrons. The van der Waals surface area contributed by atoms with Crippen LogP contribution in [-0.2, 0) is 4.79 Å². The van der Waals surface area contributed by atoms with Crippen LogP contribution in [0.15, 0.2) is 22.8 Å². The molecule has 6 heteroatoms. The summed E-state index contributed by atoms with van der Waals surface area (Å²) in [5.74, 6) is 0.0412. The van der Waals surface area contributed by atoms with E-state index in [-0.39, 0.29) is 11.2 Å². The van der Waals surface area contributed by atoms with Crippen molar-refractivity contribution in [2.75, 3.05) is 6.54 Å². The van der Waals surface area contributed by atoms with Crippen LogP contribution >= 0.6 is 23.1 Å². The van der Waals surface area contributed by atoms with E-state index in [1.807, 2.05) is 25.3 Å². The van der Waals surface area contributed by atoms with Crippen LogP contribution in [0, 0.1) is 0 Å².